The van der Waals surface area contributed by atoms with Crippen LogP contribution in [0.4, 0.5) is 5.69 Å². The van der Waals surface area contributed by atoms with Gasteiger partial charge in [0.15, 0.2) is 6.10 Å². The van der Waals surface area contributed by atoms with Crippen LogP contribution in [0.15, 0.2) is 77.7 Å². The molecule has 172 valence electrons. The molecule has 7 heteroatoms. The standard InChI is InChI=1S/C26H28N2O4S/c1-4-20-11-13-21(14-12-20)19(3)27-26(29)25-17-28(23-7-5-6-8-24(23)32-25)33(30,31)22-15-9-18(2)10-16-22/h5-16,19,25H,4,17H2,1-3H3,(H,27,29)/t19-,25+/m0/s1. The minimum atomic E-state index is -3.87. The molecule has 0 aromatic heterocycles. The van der Waals surface area contributed by atoms with Crippen LogP contribution in [0.2, 0.25) is 0 Å². The highest BCUT2D eigenvalue weighted by molar-refractivity contribution is 7.92. The first-order valence-electron chi connectivity index (χ1n) is 11.0. The molecule has 3 aromatic rings. The Morgan fingerprint density at radius 3 is 2.39 bits per heavy atom. The number of rotatable bonds is 6. The highest BCUT2D eigenvalue weighted by Crippen LogP contribution is 2.37. The van der Waals surface area contributed by atoms with Crippen LogP contribution in [-0.2, 0) is 21.2 Å². The second-order valence-corrected chi connectivity index (χ2v) is 10.1. The molecule has 0 saturated carbocycles. The van der Waals surface area contributed by atoms with Gasteiger partial charge in [-0.25, -0.2) is 8.42 Å². The molecule has 3 aromatic carbocycles. The molecule has 0 bridgehead atoms. The van der Waals surface area contributed by atoms with E-state index < -0.39 is 16.1 Å². The summed E-state index contributed by atoms with van der Waals surface area (Å²) in [7, 11) is -3.87. The molecular weight excluding hydrogens is 436 g/mol. The summed E-state index contributed by atoms with van der Waals surface area (Å²) in [5.74, 6) is 0.000200. The second-order valence-electron chi connectivity index (χ2n) is 8.25. The maximum Gasteiger partial charge on any atom is 0.264 e. The molecule has 2 atom stereocenters. The number of para-hydroxylation sites is 2. The lowest BCUT2D eigenvalue weighted by atomic mass is 10.0. The van der Waals surface area contributed by atoms with Gasteiger partial charge in [0.25, 0.3) is 15.9 Å². The van der Waals surface area contributed by atoms with Crippen LogP contribution in [-0.4, -0.2) is 27.0 Å². The molecule has 1 N–H and O–H groups in total. The van der Waals surface area contributed by atoms with Crippen molar-refractivity contribution >= 4 is 21.6 Å². The zero-order valence-electron chi connectivity index (χ0n) is 19.0. The van der Waals surface area contributed by atoms with Crippen molar-refractivity contribution < 1.29 is 17.9 Å². The fraction of sp³-hybridized carbons (Fsp3) is 0.269. The van der Waals surface area contributed by atoms with Crippen molar-refractivity contribution in [2.24, 2.45) is 0 Å². The Labute approximate surface area is 195 Å². The number of anilines is 1. The van der Waals surface area contributed by atoms with Gasteiger partial charge in [-0.1, -0.05) is 61.0 Å². The predicted octanol–water partition coefficient (Wildman–Crippen LogP) is 4.39. The van der Waals surface area contributed by atoms with E-state index in [1.165, 1.54) is 9.87 Å². The molecule has 33 heavy (non-hydrogen) atoms. The van der Waals surface area contributed by atoms with Crippen molar-refractivity contribution in [3.8, 4) is 5.75 Å². The number of carbonyl (C=O) groups is 1. The van der Waals surface area contributed by atoms with Gasteiger partial charge in [0.2, 0.25) is 0 Å². The normalized spacial score (nSPS) is 16.5. The van der Waals surface area contributed by atoms with E-state index in [-0.39, 0.29) is 23.4 Å². The molecule has 0 aliphatic carbocycles. The number of amides is 1. The number of hydrogen-bond acceptors (Lipinski definition) is 4. The average Bonchev–Trinajstić information content (AvgIpc) is 2.83. The maximum absolute atomic E-state index is 13.5. The summed E-state index contributed by atoms with van der Waals surface area (Å²) >= 11 is 0. The Hall–Kier alpha value is -3.32. The van der Waals surface area contributed by atoms with Crippen LogP contribution in [0.3, 0.4) is 0 Å². The van der Waals surface area contributed by atoms with Crippen molar-refractivity contribution in [2.45, 2.75) is 44.2 Å². The highest BCUT2D eigenvalue weighted by Gasteiger charge is 2.37. The molecule has 1 aliphatic heterocycles. The van der Waals surface area contributed by atoms with E-state index in [0.717, 1.165) is 17.5 Å². The fourth-order valence-corrected chi connectivity index (χ4v) is 5.31. The van der Waals surface area contributed by atoms with Crippen LogP contribution in [0.5, 0.6) is 5.75 Å². The SMILES string of the molecule is CCc1ccc([C@H](C)NC(=O)[C@H]2CN(S(=O)(=O)c3ccc(C)cc3)c3ccccc3O2)cc1. The van der Waals surface area contributed by atoms with E-state index >= 15 is 0 Å². The number of nitrogens with zero attached hydrogens (tertiary/aromatic N) is 1. The van der Waals surface area contributed by atoms with Gasteiger partial charge in [-0.3, -0.25) is 9.10 Å². The van der Waals surface area contributed by atoms with Crippen molar-refractivity contribution in [1.82, 2.24) is 5.32 Å². The van der Waals surface area contributed by atoms with Crippen molar-refractivity contribution in [1.29, 1.82) is 0 Å². The van der Waals surface area contributed by atoms with Crippen LogP contribution in [0.1, 0.15) is 36.6 Å². The topological polar surface area (TPSA) is 75.7 Å². The Morgan fingerprint density at radius 1 is 1.06 bits per heavy atom. The quantitative estimate of drug-likeness (QED) is 0.587. The van der Waals surface area contributed by atoms with Crippen LogP contribution >= 0.6 is 0 Å². The van der Waals surface area contributed by atoms with Crippen LogP contribution in [0.25, 0.3) is 0 Å². The molecule has 1 amide bonds. The molecule has 0 unspecified atom stereocenters. The average molecular weight is 465 g/mol. The van der Waals surface area contributed by atoms with Gasteiger partial charge < -0.3 is 10.1 Å². The molecule has 0 radical (unpaired) electrons. The molecule has 1 aliphatic rings. The third-order valence-electron chi connectivity index (χ3n) is 5.88. The molecule has 0 saturated heterocycles. The summed E-state index contributed by atoms with van der Waals surface area (Å²) in [4.78, 5) is 13.3. The lowest BCUT2D eigenvalue weighted by Gasteiger charge is -2.35. The Morgan fingerprint density at radius 2 is 1.73 bits per heavy atom. The van der Waals surface area contributed by atoms with Gasteiger partial charge in [-0.05, 0) is 55.7 Å². The number of carbonyl (C=O) groups excluding carboxylic acids is 1. The number of benzene rings is 3. The minimum absolute atomic E-state index is 0.111. The summed E-state index contributed by atoms with van der Waals surface area (Å²) in [5, 5.41) is 2.97. The van der Waals surface area contributed by atoms with E-state index in [0.29, 0.717) is 11.4 Å². The first kappa shape index (κ1) is 22.9. The van der Waals surface area contributed by atoms with Gasteiger partial charge >= 0.3 is 0 Å². The largest absolute Gasteiger partial charge is 0.476 e. The van der Waals surface area contributed by atoms with Gasteiger partial charge in [-0.15, -0.1) is 0 Å². The number of aryl methyl sites for hydroxylation is 2. The Balaban J connectivity index is 1.59. The lowest BCUT2D eigenvalue weighted by Crippen LogP contribution is -2.51. The third kappa shape index (κ3) is 4.73. The number of nitrogens with one attached hydrogen (secondary N) is 1. The number of ether oxygens (including phenoxy) is 1. The molecule has 0 spiro atoms. The summed E-state index contributed by atoms with van der Waals surface area (Å²) in [6.45, 7) is 5.78. The molecule has 6 nitrogen and oxygen atoms in total. The zero-order valence-corrected chi connectivity index (χ0v) is 19.8. The number of hydrogen-bond donors (Lipinski definition) is 1. The first-order chi connectivity index (χ1) is 15.8. The Bertz CT molecular complexity index is 1240. The summed E-state index contributed by atoms with van der Waals surface area (Å²) in [6, 6.07) is 21.4. The third-order valence-corrected chi connectivity index (χ3v) is 7.68. The molecule has 0 fully saturated rings. The number of fused-ring (bicyclic) bond motifs is 1. The van der Waals surface area contributed by atoms with E-state index in [1.54, 1.807) is 48.5 Å². The van der Waals surface area contributed by atoms with Crippen LogP contribution < -0.4 is 14.4 Å². The van der Waals surface area contributed by atoms with E-state index in [1.807, 2.05) is 38.1 Å². The number of sulfonamides is 1. The molecule has 1 heterocycles. The summed E-state index contributed by atoms with van der Waals surface area (Å²) in [5.41, 5.74) is 3.59. The lowest BCUT2D eigenvalue weighted by molar-refractivity contribution is -0.128. The maximum atomic E-state index is 13.5. The van der Waals surface area contributed by atoms with Gasteiger partial charge in [0.05, 0.1) is 23.2 Å². The molecular formula is C26H28N2O4S. The minimum Gasteiger partial charge on any atom is -0.476 e. The van der Waals surface area contributed by atoms with Crippen molar-refractivity contribution in [3.05, 3.63) is 89.5 Å². The highest BCUT2D eigenvalue weighted by atomic mass is 32.2. The van der Waals surface area contributed by atoms with Gasteiger partial charge in [0, 0.05) is 0 Å². The van der Waals surface area contributed by atoms with Crippen molar-refractivity contribution in [3.63, 3.8) is 0 Å². The van der Waals surface area contributed by atoms with Gasteiger partial charge in [0.1, 0.15) is 5.75 Å². The smallest absolute Gasteiger partial charge is 0.264 e. The van der Waals surface area contributed by atoms with Crippen molar-refractivity contribution in [2.75, 3.05) is 10.8 Å². The summed E-state index contributed by atoms with van der Waals surface area (Å²) < 4.78 is 34.1. The fourth-order valence-electron chi connectivity index (χ4n) is 3.84. The van der Waals surface area contributed by atoms with E-state index in [4.69, 9.17) is 4.74 Å². The van der Waals surface area contributed by atoms with Gasteiger partial charge in [-0.2, -0.15) is 0 Å². The molecule has 4 rings (SSSR count). The van der Waals surface area contributed by atoms with E-state index in [9.17, 15) is 13.2 Å². The monoisotopic (exact) mass is 464 g/mol. The second kappa shape index (κ2) is 9.27. The zero-order chi connectivity index (χ0) is 23.6. The first-order valence-corrected chi connectivity index (χ1v) is 12.5. The summed E-state index contributed by atoms with van der Waals surface area (Å²) in [6.07, 6.45) is -0.0285. The predicted molar refractivity (Wildman–Crippen MR) is 129 cm³/mol. The van der Waals surface area contributed by atoms with Crippen LogP contribution in [0, 0.1) is 6.92 Å². The van der Waals surface area contributed by atoms with E-state index in [2.05, 4.69) is 12.2 Å². The Kier molecular flexibility index (Phi) is 6.42.